The topological polar surface area (TPSA) is 129 Å². The number of hydrogen-bond acceptors (Lipinski definition) is 7. The van der Waals surface area contributed by atoms with Crippen molar-refractivity contribution in [3.8, 4) is 0 Å². The summed E-state index contributed by atoms with van der Waals surface area (Å²) in [4.78, 5) is 59.8. The van der Waals surface area contributed by atoms with Crippen LogP contribution in [0.25, 0.3) is 0 Å². The van der Waals surface area contributed by atoms with E-state index in [1.165, 1.54) is 4.90 Å². The Kier molecular flexibility index (Phi) is 9.82. The van der Waals surface area contributed by atoms with Gasteiger partial charge in [-0.15, -0.1) is 0 Å². The van der Waals surface area contributed by atoms with E-state index >= 15 is 0 Å². The van der Waals surface area contributed by atoms with Gasteiger partial charge in [0, 0.05) is 50.8 Å². The molecule has 2 aliphatic heterocycles. The number of aromatic nitrogens is 1. The lowest BCUT2D eigenvalue weighted by Gasteiger charge is -2.31. The van der Waals surface area contributed by atoms with Crippen molar-refractivity contribution >= 4 is 23.6 Å². The van der Waals surface area contributed by atoms with Crippen LogP contribution in [0.4, 0.5) is 0 Å². The minimum Gasteiger partial charge on any atom is -0.466 e. The number of likely N-dealkylation sites (tertiary alicyclic amines) is 1. The number of hydrogen-bond donors (Lipinski definition) is 1. The smallest absolute Gasteiger partial charge is 0.276 e. The van der Waals surface area contributed by atoms with E-state index in [4.69, 9.17) is 8.94 Å². The molecule has 1 N–H and O–H groups in total. The first-order valence-electron chi connectivity index (χ1n) is 15.5. The molecular formula is C33H41N5O6. The standard InChI is InChI=1S/C33H41N5O6/c1-4-11-26-20-28(35-44-26)33(42)38-21-25-19-29(38)30(39)34-14-8-9-15-36(32(41)27-18-22(2)43-23(27)3)16-10-17-37(25)31(40)24-12-6-5-7-13-24/h5-7,12-13,18,20,25,29H,4,8-11,14-17,19,21H2,1-3H3,(H,34,39)/t25-,29-/m0/s1. The highest BCUT2D eigenvalue weighted by atomic mass is 16.5. The SMILES string of the molecule is CCCc1cc(C(=O)N2C[C@@H]3C[C@H]2C(=O)NCCCCN(C(=O)c2cc(C)oc2C)CCCN3C(=O)c2ccccc2)no1. The molecule has 2 atom stereocenters. The van der Waals surface area contributed by atoms with Gasteiger partial charge in [-0.2, -0.15) is 0 Å². The van der Waals surface area contributed by atoms with Crippen molar-refractivity contribution < 1.29 is 28.1 Å². The maximum Gasteiger partial charge on any atom is 0.276 e. The molecule has 3 aromatic rings. The van der Waals surface area contributed by atoms with E-state index in [0.29, 0.717) is 86.7 Å². The van der Waals surface area contributed by atoms with Gasteiger partial charge in [0.05, 0.1) is 11.6 Å². The zero-order chi connectivity index (χ0) is 31.2. The van der Waals surface area contributed by atoms with Crippen molar-refractivity contribution in [3.63, 3.8) is 0 Å². The van der Waals surface area contributed by atoms with E-state index in [-0.39, 0.29) is 30.0 Å². The van der Waals surface area contributed by atoms with Gasteiger partial charge in [0.2, 0.25) is 5.91 Å². The van der Waals surface area contributed by atoms with Crippen LogP contribution in [-0.4, -0.2) is 88.3 Å². The van der Waals surface area contributed by atoms with E-state index in [2.05, 4.69) is 10.5 Å². The summed E-state index contributed by atoms with van der Waals surface area (Å²) in [7, 11) is 0. The van der Waals surface area contributed by atoms with Gasteiger partial charge in [-0.25, -0.2) is 0 Å². The first-order chi connectivity index (χ1) is 21.3. The second-order valence-electron chi connectivity index (χ2n) is 11.6. The highest BCUT2D eigenvalue weighted by Crippen LogP contribution is 2.27. The summed E-state index contributed by atoms with van der Waals surface area (Å²) in [6.45, 7) is 7.52. The molecule has 2 aromatic heterocycles. The molecule has 2 fully saturated rings. The molecule has 0 spiro atoms. The fraction of sp³-hybridized carbons (Fsp3) is 0.485. The Bertz CT molecular complexity index is 1480. The molecule has 2 bridgehead atoms. The van der Waals surface area contributed by atoms with E-state index in [0.717, 1.165) is 6.42 Å². The van der Waals surface area contributed by atoms with Gasteiger partial charge in [0.15, 0.2) is 5.69 Å². The van der Waals surface area contributed by atoms with Crippen molar-refractivity contribution in [1.29, 1.82) is 0 Å². The van der Waals surface area contributed by atoms with Crippen LogP contribution in [-0.2, 0) is 11.2 Å². The van der Waals surface area contributed by atoms with Gasteiger partial charge in [-0.05, 0) is 64.2 Å². The van der Waals surface area contributed by atoms with Crippen molar-refractivity contribution in [2.45, 2.75) is 71.4 Å². The molecule has 0 saturated carbocycles. The van der Waals surface area contributed by atoms with Crippen LogP contribution in [0, 0.1) is 13.8 Å². The monoisotopic (exact) mass is 603 g/mol. The summed E-state index contributed by atoms with van der Waals surface area (Å²) in [5.74, 6) is 0.934. The van der Waals surface area contributed by atoms with Gasteiger partial charge in [0.25, 0.3) is 17.7 Å². The molecule has 4 heterocycles. The molecule has 4 amide bonds. The first-order valence-corrected chi connectivity index (χ1v) is 15.5. The normalized spacial score (nSPS) is 19.9. The van der Waals surface area contributed by atoms with E-state index < -0.39 is 18.0 Å². The summed E-state index contributed by atoms with van der Waals surface area (Å²) in [5.41, 5.74) is 1.22. The van der Waals surface area contributed by atoms with Crippen LogP contribution in [0.2, 0.25) is 0 Å². The average Bonchev–Trinajstić information content (AvgIpc) is 3.76. The number of nitrogens with one attached hydrogen (secondary N) is 1. The number of rotatable bonds is 5. The fourth-order valence-electron chi connectivity index (χ4n) is 6.15. The molecule has 44 heavy (non-hydrogen) atoms. The number of carbonyl (C=O) groups is 4. The Morgan fingerprint density at radius 1 is 0.955 bits per heavy atom. The summed E-state index contributed by atoms with van der Waals surface area (Å²) in [6.07, 6.45) is 3.69. The zero-order valence-corrected chi connectivity index (χ0v) is 25.7. The van der Waals surface area contributed by atoms with Crippen LogP contribution >= 0.6 is 0 Å². The molecule has 234 valence electrons. The van der Waals surface area contributed by atoms with Crippen LogP contribution in [0.5, 0.6) is 0 Å². The van der Waals surface area contributed by atoms with Gasteiger partial charge in [-0.3, -0.25) is 19.2 Å². The molecule has 5 rings (SSSR count). The number of nitrogens with zero attached hydrogens (tertiary/aromatic N) is 4. The van der Waals surface area contributed by atoms with E-state index in [9.17, 15) is 19.2 Å². The molecule has 2 saturated heterocycles. The van der Waals surface area contributed by atoms with Crippen LogP contribution in [0.1, 0.15) is 87.5 Å². The summed E-state index contributed by atoms with van der Waals surface area (Å²) in [6, 6.07) is 11.2. The van der Waals surface area contributed by atoms with E-state index in [1.807, 2.05) is 36.9 Å². The molecule has 1 aromatic carbocycles. The summed E-state index contributed by atoms with van der Waals surface area (Å²) < 4.78 is 11.0. The lowest BCUT2D eigenvalue weighted by Crippen LogP contribution is -2.46. The number of fused-ring (bicyclic) bond motifs is 2. The quantitative estimate of drug-likeness (QED) is 0.467. The Hall–Kier alpha value is -4.41. The lowest BCUT2D eigenvalue weighted by atomic mass is 10.1. The van der Waals surface area contributed by atoms with Gasteiger partial charge in [-0.1, -0.05) is 30.3 Å². The summed E-state index contributed by atoms with van der Waals surface area (Å²) in [5, 5.41) is 6.99. The largest absolute Gasteiger partial charge is 0.466 e. The average molecular weight is 604 g/mol. The predicted octanol–water partition coefficient (Wildman–Crippen LogP) is 4.00. The Morgan fingerprint density at radius 3 is 2.45 bits per heavy atom. The number of benzene rings is 1. The molecule has 0 aliphatic carbocycles. The maximum atomic E-state index is 13.9. The van der Waals surface area contributed by atoms with Crippen LogP contribution in [0.3, 0.4) is 0 Å². The maximum absolute atomic E-state index is 13.9. The van der Waals surface area contributed by atoms with Gasteiger partial charge >= 0.3 is 0 Å². The second kappa shape index (κ2) is 13.9. The van der Waals surface area contributed by atoms with Crippen molar-refractivity contribution in [1.82, 2.24) is 25.2 Å². The number of amides is 4. The third-order valence-electron chi connectivity index (χ3n) is 8.38. The minimum absolute atomic E-state index is 0.107. The van der Waals surface area contributed by atoms with Crippen LogP contribution in [0.15, 0.2) is 51.4 Å². The molecule has 2 aliphatic rings. The van der Waals surface area contributed by atoms with Gasteiger partial charge in [0.1, 0.15) is 23.3 Å². The molecule has 11 heteroatoms. The zero-order valence-electron chi connectivity index (χ0n) is 25.7. The first kappa shape index (κ1) is 31.0. The molecule has 0 unspecified atom stereocenters. The van der Waals surface area contributed by atoms with Crippen LogP contribution < -0.4 is 5.32 Å². The lowest BCUT2D eigenvalue weighted by molar-refractivity contribution is -0.124. The highest BCUT2D eigenvalue weighted by molar-refractivity contribution is 5.98. The molecule has 11 nitrogen and oxygen atoms in total. The molecular weight excluding hydrogens is 562 g/mol. The minimum atomic E-state index is -0.752. The van der Waals surface area contributed by atoms with E-state index in [1.54, 1.807) is 36.1 Å². The summed E-state index contributed by atoms with van der Waals surface area (Å²) >= 11 is 0. The fourth-order valence-corrected chi connectivity index (χ4v) is 6.15. The van der Waals surface area contributed by atoms with Crippen molar-refractivity contribution in [3.05, 3.63) is 76.6 Å². The molecule has 0 radical (unpaired) electrons. The number of carbonyl (C=O) groups excluding carboxylic acids is 4. The van der Waals surface area contributed by atoms with Gasteiger partial charge < -0.3 is 29.0 Å². The predicted molar refractivity (Wildman–Crippen MR) is 162 cm³/mol. The highest BCUT2D eigenvalue weighted by Gasteiger charge is 2.44. The Balaban J connectivity index is 1.42. The van der Waals surface area contributed by atoms with Crippen molar-refractivity contribution in [2.24, 2.45) is 0 Å². The Morgan fingerprint density at radius 2 is 1.73 bits per heavy atom. The van der Waals surface area contributed by atoms with Crippen molar-refractivity contribution in [2.75, 3.05) is 32.7 Å². The number of aryl methyl sites for hydroxylation is 3. The third kappa shape index (κ3) is 6.87. The number of furan rings is 1. The third-order valence-corrected chi connectivity index (χ3v) is 8.38. The second-order valence-corrected chi connectivity index (χ2v) is 11.6. The Labute approximate surface area is 257 Å².